The van der Waals surface area contributed by atoms with Crippen molar-refractivity contribution in [3.63, 3.8) is 0 Å². The van der Waals surface area contributed by atoms with Crippen molar-refractivity contribution in [2.45, 2.75) is 31.4 Å². The fraction of sp³-hybridized carbons (Fsp3) is 0.538. The summed E-state index contributed by atoms with van der Waals surface area (Å²) in [5.74, 6) is 0.788. The third kappa shape index (κ3) is 2.06. The molecule has 2 rings (SSSR count). The molecule has 1 aliphatic heterocycles. The van der Waals surface area contributed by atoms with E-state index < -0.39 is 5.60 Å². The van der Waals surface area contributed by atoms with Gasteiger partial charge in [-0.05, 0) is 44.0 Å². The minimum absolute atomic E-state index is 0.139. The van der Waals surface area contributed by atoms with Crippen LogP contribution in [0.4, 0.5) is 0 Å². The van der Waals surface area contributed by atoms with Crippen molar-refractivity contribution in [1.82, 2.24) is 5.32 Å². The zero-order chi connectivity index (χ0) is 11.6. The molecule has 88 valence electrons. The first kappa shape index (κ1) is 11.4. The molecule has 1 aliphatic rings. The quantitative estimate of drug-likeness (QED) is 0.815. The van der Waals surface area contributed by atoms with Crippen LogP contribution in [-0.4, -0.2) is 24.8 Å². The minimum atomic E-state index is -0.828. The molecular weight excluding hydrogens is 202 g/mol. The van der Waals surface area contributed by atoms with Crippen molar-refractivity contribution in [3.8, 4) is 5.75 Å². The van der Waals surface area contributed by atoms with Gasteiger partial charge in [-0.2, -0.15) is 0 Å². The summed E-state index contributed by atoms with van der Waals surface area (Å²) in [7, 11) is 1.64. The van der Waals surface area contributed by atoms with Gasteiger partial charge in [0, 0.05) is 6.04 Å². The van der Waals surface area contributed by atoms with Crippen molar-refractivity contribution in [2.75, 3.05) is 13.7 Å². The van der Waals surface area contributed by atoms with Crippen LogP contribution in [-0.2, 0) is 5.60 Å². The Labute approximate surface area is 96.4 Å². The Morgan fingerprint density at radius 3 is 2.94 bits per heavy atom. The molecule has 0 amide bonds. The molecule has 1 heterocycles. The van der Waals surface area contributed by atoms with Gasteiger partial charge < -0.3 is 15.2 Å². The van der Waals surface area contributed by atoms with Crippen molar-refractivity contribution in [3.05, 3.63) is 29.8 Å². The summed E-state index contributed by atoms with van der Waals surface area (Å²) < 4.78 is 5.18. The van der Waals surface area contributed by atoms with Crippen LogP contribution in [0.15, 0.2) is 24.3 Å². The van der Waals surface area contributed by atoms with Gasteiger partial charge in [-0.25, -0.2) is 0 Å². The largest absolute Gasteiger partial charge is 0.497 e. The van der Waals surface area contributed by atoms with Crippen LogP contribution in [0.25, 0.3) is 0 Å². The van der Waals surface area contributed by atoms with E-state index >= 15 is 0 Å². The highest BCUT2D eigenvalue weighted by molar-refractivity contribution is 5.33. The lowest BCUT2D eigenvalue weighted by Gasteiger charge is -2.31. The Hall–Kier alpha value is -1.06. The molecule has 2 N–H and O–H groups in total. The zero-order valence-electron chi connectivity index (χ0n) is 9.86. The molecule has 0 aromatic heterocycles. The Morgan fingerprint density at radius 1 is 1.50 bits per heavy atom. The average molecular weight is 221 g/mol. The second-order valence-electron chi connectivity index (χ2n) is 4.53. The molecule has 0 radical (unpaired) electrons. The molecule has 0 spiro atoms. The molecule has 0 bridgehead atoms. The molecule has 1 aromatic rings. The lowest BCUT2D eigenvalue weighted by atomic mass is 9.87. The van der Waals surface area contributed by atoms with Crippen LogP contribution in [0.5, 0.6) is 5.75 Å². The Bertz CT molecular complexity index is 357. The summed E-state index contributed by atoms with van der Waals surface area (Å²) in [4.78, 5) is 0. The number of hydrogen-bond acceptors (Lipinski definition) is 3. The maximum atomic E-state index is 10.6. The monoisotopic (exact) mass is 221 g/mol. The number of nitrogens with one attached hydrogen (secondary N) is 1. The predicted molar refractivity (Wildman–Crippen MR) is 63.6 cm³/mol. The number of hydrogen-bond donors (Lipinski definition) is 2. The predicted octanol–water partition coefficient (Wildman–Crippen LogP) is 1.65. The normalized spacial score (nSPS) is 24.1. The van der Waals surface area contributed by atoms with Gasteiger partial charge in [-0.1, -0.05) is 12.1 Å². The van der Waals surface area contributed by atoms with Crippen molar-refractivity contribution in [2.24, 2.45) is 0 Å². The lowest BCUT2D eigenvalue weighted by molar-refractivity contribution is 0.0216. The Balaban J connectivity index is 2.26. The zero-order valence-corrected chi connectivity index (χ0v) is 9.86. The summed E-state index contributed by atoms with van der Waals surface area (Å²) >= 11 is 0. The molecule has 2 atom stereocenters. The molecule has 1 saturated heterocycles. The van der Waals surface area contributed by atoms with Crippen molar-refractivity contribution in [1.29, 1.82) is 0 Å². The average Bonchev–Trinajstić information content (AvgIpc) is 2.83. The van der Waals surface area contributed by atoms with E-state index in [1.54, 1.807) is 7.11 Å². The van der Waals surface area contributed by atoms with E-state index in [-0.39, 0.29) is 6.04 Å². The fourth-order valence-corrected chi connectivity index (χ4v) is 2.30. The number of ether oxygens (including phenoxy) is 1. The third-order valence-electron chi connectivity index (χ3n) is 3.39. The standard InChI is InChI=1S/C13H19NO2/c1-13(15,12-7-4-8-14-12)10-5-3-6-11(9-10)16-2/h3,5-6,9,12,14-15H,4,7-8H2,1-2H3. The smallest absolute Gasteiger partial charge is 0.119 e. The Kier molecular flexibility index (Phi) is 3.17. The van der Waals surface area contributed by atoms with Crippen LogP contribution in [0.2, 0.25) is 0 Å². The van der Waals surface area contributed by atoms with Gasteiger partial charge in [0.05, 0.1) is 7.11 Å². The van der Waals surface area contributed by atoms with Crippen LogP contribution in [0, 0.1) is 0 Å². The van der Waals surface area contributed by atoms with Gasteiger partial charge in [-0.3, -0.25) is 0 Å². The molecule has 3 nitrogen and oxygen atoms in total. The second kappa shape index (κ2) is 4.44. The molecule has 0 saturated carbocycles. The van der Waals surface area contributed by atoms with E-state index in [1.165, 1.54) is 0 Å². The van der Waals surface area contributed by atoms with Gasteiger partial charge in [0.15, 0.2) is 0 Å². The molecule has 2 unspecified atom stereocenters. The summed E-state index contributed by atoms with van der Waals surface area (Å²) in [6.07, 6.45) is 2.15. The summed E-state index contributed by atoms with van der Waals surface area (Å²) in [5, 5.41) is 13.9. The summed E-state index contributed by atoms with van der Waals surface area (Å²) in [6.45, 7) is 2.86. The lowest BCUT2D eigenvalue weighted by Crippen LogP contribution is -2.42. The number of rotatable bonds is 3. The fourth-order valence-electron chi connectivity index (χ4n) is 2.30. The van der Waals surface area contributed by atoms with E-state index in [4.69, 9.17) is 4.74 Å². The van der Waals surface area contributed by atoms with Crippen LogP contribution < -0.4 is 10.1 Å². The topological polar surface area (TPSA) is 41.5 Å². The maximum Gasteiger partial charge on any atom is 0.119 e. The summed E-state index contributed by atoms with van der Waals surface area (Å²) in [6, 6.07) is 7.79. The number of methoxy groups -OCH3 is 1. The van der Waals surface area contributed by atoms with Gasteiger partial charge in [-0.15, -0.1) is 0 Å². The highest BCUT2D eigenvalue weighted by atomic mass is 16.5. The first-order valence-electron chi connectivity index (χ1n) is 5.75. The second-order valence-corrected chi connectivity index (χ2v) is 4.53. The van der Waals surface area contributed by atoms with E-state index in [0.29, 0.717) is 0 Å². The van der Waals surface area contributed by atoms with Crippen molar-refractivity contribution < 1.29 is 9.84 Å². The molecule has 3 heteroatoms. The van der Waals surface area contributed by atoms with Crippen LogP contribution in [0.3, 0.4) is 0 Å². The first-order valence-corrected chi connectivity index (χ1v) is 5.75. The van der Waals surface area contributed by atoms with E-state index in [9.17, 15) is 5.11 Å². The van der Waals surface area contributed by atoms with E-state index in [2.05, 4.69) is 5.32 Å². The van der Waals surface area contributed by atoms with Gasteiger partial charge in [0.2, 0.25) is 0 Å². The summed E-state index contributed by atoms with van der Waals surface area (Å²) in [5.41, 5.74) is 0.0802. The highest BCUT2D eigenvalue weighted by Gasteiger charge is 2.35. The first-order chi connectivity index (χ1) is 7.64. The SMILES string of the molecule is COc1cccc(C(C)(O)C2CCCN2)c1. The highest BCUT2D eigenvalue weighted by Crippen LogP contribution is 2.31. The van der Waals surface area contributed by atoms with Gasteiger partial charge in [0.1, 0.15) is 11.4 Å². The maximum absolute atomic E-state index is 10.6. The number of benzene rings is 1. The molecule has 0 aliphatic carbocycles. The molecule has 1 aromatic carbocycles. The van der Waals surface area contributed by atoms with E-state index in [1.807, 2.05) is 31.2 Å². The molecule has 1 fully saturated rings. The minimum Gasteiger partial charge on any atom is -0.497 e. The van der Waals surface area contributed by atoms with E-state index in [0.717, 1.165) is 30.7 Å². The van der Waals surface area contributed by atoms with Crippen molar-refractivity contribution >= 4 is 0 Å². The molecule has 16 heavy (non-hydrogen) atoms. The molecular formula is C13H19NO2. The number of aliphatic hydroxyl groups is 1. The van der Waals surface area contributed by atoms with Gasteiger partial charge in [0.25, 0.3) is 0 Å². The third-order valence-corrected chi connectivity index (χ3v) is 3.39. The van der Waals surface area contributed by atoms with Crippen LogP contribution >= 0.6 is 0 Å². The van der Waals surface area contributed by atoms with Gasteiger partial charge >= 0.3 is 0 Å². The Morgan fingerprint density at radius 2 is 2.31 bits per heavy atom. The van der Waals surface area contributed by atoms with Crippen LogP contribution in [0.1, 0.15) is 25.3 Å².